The van der Waals surface area contributed by atoms with Crippen molar-refractivity contribution < 1.29 is 8.42 Å². The second-order valence-electron chi connectivity index (χ2n) is 2.80. The Labute approximate surface area is 65.9 Å². The summed E-state index contributed by atoms with van der Waals surface area (Å²) in [5, 5.41) is 7.83. The van der Waals surface area contributed by atoms with Crippen LogP contribution in [-0.4, -0.2) is 25.0 Å². The first-order valence-electron chi connectivity index (χ1n) is 3.38. The van der Waals surface area contributed by atoms with E-state index in [0.29, 0.717) is 6.42 Å². The van der Waals surface area contributed by atoms with Gasteiger partial charge in [0.25, 0.3) is 0 Å². The minimum absolute atomic E-state index is 0.0678. The van der Waals surface area contributed by atoms with E-state index >= 15 is 0 Å². The highest BCUT2D eigenvalue weighted by Gasteiger charge is 2.58. The normalized spacial score (nSPS) is 36.3. The molecule has 1 aliphatic carbocycles. The van der Waals surface area contributed by atoms with E-state index in [1.165, 1.54) is 0 Å². The van der Waals surface area contributed by atoms with Gasteiger partial charge >= 0.3 is 0 Å². The van der Waals surface area contributed by atoms with E-state index in [2.05, 4.69) is 0 Å². The van der Waals surface area contributed by atoms with E-state index in [0.717, 1.165) is 0 Å². The van der Waals surface area contributed by atoms with Crippen LogP contribution in [0, 0.1) is 11.3 Å². The van der Waals surface area contributed by atoms with Gasteiger partial charge in [-0.1, -0.05) is 6.92 Å². The molecule has 1 aliphatic rings. The third-order valence-corrected chi connectivity index (χ3v) is 4.24. The molecule has 0 heterocycles. The summed E-state index contributed by atoms with van der Waals surface area (Å²) in [6.45, 7) is 1.56. The van der Waals surface area contributed by atoms with Crippen molar-refractivity contribution >= 4 is 9.84 Å². The Morgan fingerprint density at radius 2 is 2.36 bits per heavy atom. The third kappa shape index (κ3) is 1.24. The van der Waals surface area contributed by atoms with Gasteiger partial charge in [-0.15, -0.1) is 0 Å². The van der Waals surface area contributed by atoms with Crippen molar-refractivity contribution in [2.45, 2.75) is 24.1 Å². The van der Waals surface area contributed by atoms with Crippen LogP contribution in [0.25, 0.3) is 0 Å². The Bertz CT molecular complexity index is 303. The van der Waals surface area contributed by atoms with Gasteiger partial charge in [-0.25, -0.2) is 8.42 Å². The fourth-order valence-corrected chi connectivity index (χ4v) is 2.64. The Morgan fingerprint density at radius 3 is 2.64 bits per heavy atom. The Balaban J connectivity index is 2.81. The molecule has 0 aromatic heterocycles. The number of rotatable bonds is 2. The van der Waals surface area contributed by atoms with Crippen LogP contribution >= 0.6 is 0 Å². The van der Waals surface area contributed by atoms with Gasteiger partial charge in [0.2, 0.25) is 0 Å². The van der Waals surface area contributed by atoms with Crippen LogP contribution < -0.4 is 5.73 Å². The molecule has 0 saturated heterocycles. The number of hydrogen-bond acceptors (Lipinski definition) is 4. The molecule has 1 saturated carbocycles. The molecule has 0 aromatic rings. The summed E-state index contributed by atoms with van der Waals surface area (Å²) in [6.07, 6.45) is 0.291. The highest BCUT2D eigenvalue weighted by atomic mass is 32.2. The van der Waals surface area contributed by atoms with E-state index in [4.69, 9.17) is 11.0 Å². The van der Waals surface area contributed by atoms with E-state index in [-0.39, 0.29) is 5.75 Å². The molecule has 2 N–H and O–H groups in total. The van der Waals surface area contributed by atoms with Crippen LogP contribution in [0.3, 0.4) is 0 Å². The first-order valence-corrected chi connectivity index (χ1v) is 5.09. The van der Waals surface area contributed by atoms with Crippen molar-refractivity contribution in [3.05, 3.63) is 0 Å². The lowest BCUT2D eigenvalue weighted by molar-refractivity contribution is 0.593. The first-order chi connectivity index (χ1) is 4.96. The number of nitrogens with zero attached hydrogens (tertiary/aromatic N) is 1. The van der Waals surface area contributed by atoms with Crippen molar-refractivity contribution in [2.24, 2.45) is 5.73 Å². The van der Waals surface area contributed by atoms with Gasteiger partial charge in [0, 0.05) is 5.75 Å². The van der Waals surface area contributed by atoms with Crippen LogP contribution in [0.4, 0.5) is 0 Å². The fourth-order valence-electron chi connectivity index (χ4n) is 1.01. The molecule has 0 amide bonds. The lowest BCUT2D eigenvalue weighted by atomic mass is 10.3. The van der Waals surface area contributed by atoms with Gasteiger partial charge in [0.05, 0.1) is 11.3 Å². The van der Waals surface area contributed by atoms with Gasteiger partial charge < -0.3 is 5.73 Å². The SMILES string of the molecule is CCS(=O)(=O)[C@@H]1C[C@@]1(N)C#N. The Morgan fingerprint density at radius 1 is 1.82 bits per heavy atom. The van der Waals surface area contributed by atoms with Gasteiger partial charge in [0.1, 0.15) is 5.54 Å². The van der Waals surface area contributed by atoms with Gasteiger partial charge in [-0.3, -0.25) is 0 Å². The van der Waals surface area contributed by atoms with Crippen LogP contribution in [0.2, 0.25) is 0 Å². The Hall–Kier alpha value is -0.600. The van der Waals surface area contributed by atoms with Crippen molar-refractivity contribution in [1.82, 2.24) is 0 Å². The zero-order chi connectivity index (χ0) is 8.70. The van der Waals surface area contributed by atoms with Crippen LogP contribution in [0.5, 0.6) is 0 Å². The molecular weight excluding hydrogens is 164 g/mol. The van der Waals surface area contributed by atoms with E-state index in [9.17, 15) is 8.42 Å². The van der Waals surface area contributed by atoms with Crippen LogP contribution in [0.15, 0.2) is 0 Å². The maximum Gasteiger partial charge on any atom is 0.155 e. The fraction of sp³-hybridized carbons (Fsp3) is 0.833. The van der Waals surface area contributed by atoms with Crippen LogP contribution in [-0.2, 0) is 9.84 Å². The molecule has 5 heteroatoms. The lowest BCUT2D eigenvalue weighted by Gasteiger charge is -1.99. The monoisotopic (exact) mass is 174 g/mol. The maximum absolute atomic E-state index is 11.1. The third-order valence-electron chi connectivity index (χ3n) is 1.98. The molecule has 0 radical (unpaired) electrons. The molecule has 62 valence electrons. The summed E-state index contributed by atoms with van der Waals surface area (Å²) in [7, 11) is -3.09. The van der Waals surface area contributed by atoms with E-state index in [1.54, 1.807) is 13.0 Å². The molecule has 2 atom stereocenters. The maximum atomic E-state index is 11.1. The number of nitriles is 1. The average Bonchev–Trinajstić information content (AvgIpc) is 2.65. The molecule has 0 aromatic carbocycles. The summed E-state index contributed by atoms with van der Waals surface area (Å²) in [6, 6.07) is 1.80. The number of sulfone groups is 1. The van der Waals surface area contributed by atoms with Crippen molar-refractivity contribution in [1.29, 1.82) is 5.26 Å². The van der Waals surface area contributed by atoms with Crippen molar-refractivity contribution in [3.8, 4) is 6.07 Å². The smallest absolute Gasteiger partial charge is 0.155 e. The largest absolute Gasteiger partial charge is 0.312 e. The highest BCUT2D eigenvalue weighted by Crippen LogP contribution is 2.39. The zero-order valence-electron chi connectivity index (χ0n) is 6.24. The molecule has 0 aliphatic heterocycles. The lowest BCUT2D eigenvalue weighted by Crippen LogP contribution is -2.29. The predicted octanol–water partition coefficient (Wildman–Crippen LogP) is -0.586. The van der Waals surface area contributed by atoms with Gasteiger partial charge in [0.15, 0.2) is 9.84 Å². The summed E-state index contributed by atoms with van der Waals surface area (Å²) < 4.78 is 22.2. The Kier molecular flexibility index (Phi) is 1.69. The minimum atomic E-state index is -3.09. The predicted molar refractivity (Wildman–Crippen MR) is 40.4 cm³/mol. The van der Waals surface area contributed by atoms with Crippen molar-refractivity contribution in [2.75, 3.05) is 5.75 Å². The topological polar surface area (TPSA) is 83.9 Å². The molecular formula is C6H10N2O2S. The van der Waals surface area contributed by atoms with Gasteiger partial charge in [-0.05, 0) is 6.42 Å². The number of nitrogens with two attached hydrogens (primary N) is 1. The molecule has 0 bridgehead atoms. The quantitative estimate of drug-likeness (QED) is 0.606. The summed E-state index contributed by atoms with van der Waals surface area (Å²) in [4.78, 5) is 0. The standard InChI is InChI=1S/C6H10N2O2S/c1-2-11(9,10)5-3-6(5,8)4-7/h5H,2-3,8H2,1H3/t5-,6-/m1/s1. The minimum Gasteiger partial charge on any atom is -0.312 e. The van der Waals surface area contributed by atoms with Crippen molar-refractivity contribution in [3.63, 3.8) is 0 Å². The molecule has 1 rings (SSSR count). The summed E-state index contributed by atoms with van der Waals surface area (Å²) in [5.41, 5.74) is 4.32. The molecule has 0 unspecified atom stereocenters. The second-order valence-corrected chi connectivity index (χ2v) is 5.27. The molecule has 0 spiro atoms. The van der Waals surface area contributed by atoms with E-state index < -0.39 is 20.6 Å². The second kappa shape index (κ2) is 2.19. The number of hydrogen-bond donors (Lipinski definition) is 1. The van der Waals surface area contributed by atoms with Gasteiger partial charge in [-0.2, -0.15) is 5.26 Å². The highest BCUT2D eigenvalue weighted by molar-refractivity contribution is 7.92. The first kappa shape index (κ1) is 8.50. The van der Waals surface area contributed by atoms with Crippen LogP contribution in [0.1, 0.15) is 13.3 Å². The average molecular weight is 174 g/mol. The molecule has 11 heavy (non-hydrogen) atoms. The summed E-state index contributed by atoms with van der Waals surface area (Å²) >= 11 is 0. The zero-order valence-corrected chi connectivity index (χ0v) is 7.06. The summed E-state index contributed by atoms with van der Waals surface area (Å²) in [5.74, 6) is 0.0678. The molecule has 1 fully saturated rings. The molecule has 4 nitrogen and oxygen atoms in total. The van der Waals surface area contributed by atoms with E-state index in [1.807, 2.05) is 0 Å².